The quantitative estimate of drug-likeness (QED) is 0.410. The Morgan fingerprint density at radius 1 is 1.11 bits per heavy atom. The van der Waals surface area contributed by atoms with Gasteiger partial charge in [-0.3, -0.25) is 5.43 Å². The number of aromatic hydroxyl groups is 1. The second-order valence-electron chi connectivity index (χ2n) is 3.56. The van der Waals surface area contributed by atoms with E-state index in [0.29, 0.717) is 5.56 Å². The highest BCUT2D eigenvalue weighted by Crippen LogP contribution is 2.25. The highest BCUT2D eigenvalue weighted by Gasteiger charge is 2.04. The van der Waals surface area contributed by atoms with Crippen LogP contribution in [0.4, 0.5) is 5.69 Å². The molecule has 2 rings (SSSR count). The molecule has 0 unspecified atom stereocenters. The van der Waals surface area contributed by atoms with Crippen LogP contribution in [-0.4, -0.2) is 11.3 Å². The molecule has 0 radical (unpaired) electrons. The molecule has 0 saturated heterocycles. The minimum Gasteiger partial charge on any atom is -0.506 e. The summed E-state index contributed by atoms with van der Waals surface area (Å²) >= 11 is 4.32. The fraction of sp³-hybridized carbons (Fsp3) is 0. The number of rotatable bonds is 3. The lowest BCUT2D eigenvalue weighted by molar-refractivity contribution is 0.470. The number of hydrazone groups is 1. The number of anilines is 1. The third kappa shape index (κ3) is 3.58. The Morgan fingerprint density at radius 3 is 2.56 bits per heavy atom. The maximum absolute atomic E-state index is 9.89. The standard InChI is InChI=1S/C13H10I2N2O/c14-10-6-9(13(18)12(15)7-10)8-16-17-11-4-2-1-3-5-11/h1-8,17-18H. The fourth-order valence-electron chi connectivity index (χ4n) is 1.37. The van der Waals surface area contributed by atoms with E-state index in [1.54, 1.807) is 6.21 Å². The molecule has 0 heterocycles. The van der Waals surface area contributed by atoms with Gasteiger partial charge in [-0.05, 0) is 69.4 Å². The Kier molecular flexibility index (Phi) is 4.81. The summed E-state index contributed by atoms with van der Waals surface area (Å²) in [5.74, 6) is 0.259. The minimum atomic E-state index is 0.259. The van der Waals surface area contributed by atoms with E-state index in [2.05, 4.69) is 55.7 Å². The monoisotopic (exact) mass is 464 g/mol. The molecule has 5 heteroatoms. The van der Waals surface area contributed by atoms with E-state index in [0.717, 1.165) is 12.8 Å². The Balaban J connectivity index is 2.15. The lowest BCUT2D eigenvalue weighted by atomic mass is 10.2. The van der Waals surface area contributed by atoms with E-state index >= 15 is 0 Å². The predicted octanol–water partition coefficient (Wildman–Crippen LogP) is 4.05. The van der Waals surface area contributed by atoms with Crippen LogP contribution in [0.15, 0.2) is 47.6 Å². The van der Waals surface area contributed by atoms with Crippen LogP contribution < -0.4 is 5.43 Å². The van der Waals surface area contributed by atoms with E-state index in [4.69, 9.17) is 0 Å². The van der Waals surface area contributed by atoms with Crippen LogP contribution in [0.5, 0.6) is 5.75 Å². The van der Waals surface area contributed by atoms with Crippen molar-refractivity contribution in [2.24, 2.45) is 5.10 Å². The molecule has 0 aliphatic rings. The summed E-state index contributed by atoms with van der Waals surface area (Å²) in [4.78, 5) is 0. The molecule has 2 aromatic carbocycles. The van der Waals surface area contributed by atoms with Gasteiger partial charge in [-0.15, -0.1) is 0 Å². The van der Waals surface area contributed by atoms with Gasteiger partial charge in [0.1, 0.15) is 5.75 Å². The van der Waals surface area contributed by atoms with Crippen LogP contribution in [0.1, 0.15) is 5.56 Å². The van der Waals surface area contributed by atoms with Crippen molar-refractivity contribution < 1.29 is 5.11 Å². The molecular weight excluding hydrogens is 454 g/mol. The lowest BCUT2D eigenvalue weighted by Gasteiger charge is -2.03. The molecule has 0 aliphatic heterocycles. The largest absolute Gasteiger partial charge is 0.506 e. The molecule has 0 atom stereocenters. The van der Waals surface area contributed by atoms with Gasteiger partial charge >= 0.3 is 0 Å². The molecule has 0 saturated carbocycles. The van der Waals surface area contributed by atoms with Crippen LogP contribution in [0.3, 0.4) is 0 Å². The summed E-state index contributed by atoms with van der Waals surface area (Å²) in [6.45, 7) is 0. The predicted molar refractivity (Wildman–Crippen MR) is 91.2 cm³/mol. The molecule has 0 aromatic heterocycles. The van der Waals surface area contributed by atoms with Gasteiger partial charge in [0.2, 0.25) is 0 Å². The van der Waals surface area contributed by atoms with Crippen molar-refractivity contribution in [1.82, 2.24) is 0 Å². The molecule has 18 heavy (non-hydrogen) atoms. The molecule has 0 amide bonds. The number of benzene rings is 2. The smallest absolute Gasteiger partial charge is 0.137 e. The number of nitrogens with zero attached hydrogens (tertiary/aromatic N) is 1. The molecule has 3 nitrogen and oxygen atoms in total. The number of hydrogen-bond donors (Lipinski definition) is 2. The number of halogens is 2. The maximum atomic E-state index is 9.89. The third-order valence-electron chi connectivity index (χ3n) is 2.23. The van der Waals surface area contributed by atoms with E-state index in [1.807, 2.05) is 42.5 Å². The summed E-state index contributed by atoms with van der Waals surface area (Å²) < 4.78 is 1.89. The van der Waals surface area contributed by atoms with Crippen LogP contribution in [-0.2, 0) is 0 Å². The van der Waals surface area contributed by atoms with Crippen molar-refractivity contribution >= 4 is 57.1 Å². The Morgan fingerprint density at radius 2 is 1.83 bits per heavy atom. The normalized spacial score (nSPS) is 10.8. The number of nitrogens with one attached hydrogen (secondary N) is 1. The molecular formula is C13H10I2N2O. The number of phenolic OH excluding ortho intramolecular Hbond substituents is 1. The van der Waals surface area contributed by atoms with E-state index in [9.17, 15) is 5.11 Å². The second-order valence-corrected chi connectivity index (χ2v) is 5.97. The van der Waals surface area contributed by atoms with Crippen molar-refractivity contribution in [1.29, 1.82) is 0 Å². The lowest BCUT2D eigenvalue weighted by Crippen LogP contribution is -1.92. The van der Waals surface area contributed by atoms with Crippen LogP contribution >= 0.6 is 45.2 Å². The van der Waals surface area contributed by atoms with Crippen LogP contribution in [0, 0.1) is 7.14 Å². The van der Waals surface area contributed by atoms with Crippen molar-refractivity contribution in [2.75, 3.05) is 5.43 Å². The Bertz CT molecular complexity index is 571. The molecule has 0 fully saturated rings. The molecule has 2 aromatic rings. The molecule has 2 N–H and O–H groups in total. The molecule has 0 bridgehead atoms. The van der Waals surface area contributed by atoms with Crippen molar-refractivity contribution in [3.8, 4) is 5.75 Å². The highest BCUT2D eigenvalue weighted by molar-refractivity contribution is 14.1. The van der Waals surface area contributed by atoms with Crippen molar-refractivity contribution in [3.63, 3.8) is 0 Å². The zero-order valence-corrected chi connectivity index (χ0v) is 13.6. The second kappa shape index (κ2) is 6.37. The van der Waals surface area contributed by atoms with E-state index < -0.39 is 0 Å². The van der Waals surface area contributed by atoms with E-state index in [1.165, 1.54) is 0 Å². The average Bonchev–Trinajstić information content (AvgIpc) is 2.36. The summed E-state index contributed by atoms with van der Waals surface area (Å²) in [5, 5.41) is 14.0. The van der Waals surface area contributed by atoms with Crippen LogP contribution in [0.25, 0.3) is 0 Å². The summed E-state index contributed by atoms with van der Waals surface area (Å²) in [7, 11) is 0. The first-order chi connectivity index (χ1) is 8.66. The topological polar surface area (TPSA) is 44.6 Å². The third-order valence-corrected chi connectivity index (χ3v) is 3.67. The van der Waals surface area contributed by atoms with Gasteiger partial charge < -0.3 is 5.11 Å². The summed E-state index contributed by atoms with van der Waals surface area (Å²) in [6.07, 6.45) is 1.62. The molecule has 0 aliphatic carbocycles. The fourth-order valence-corrected chi connectivity index (χ4v) is 3.26. The Hall–Kier alpha value is -0.830. The van der Waals surface area contributed by atoms with Crippen molar-refractivity contribution in [3.05, 3.63) is 55.2 Å². The summed E-state index contributed by atoms with van der Waals surface area (Å²) in [6, 6.07) is 13.5. The minimum absolute atomic E-state index is 0.259. The van der Waals surface area contributed by atoms with E-state index in [-0.39, 0.29) is 5.75 Å². The summed E-state index contributed by atoms with van der Waals surface area (Å²) in [5.41, 5.74) is 4.53. The zero-order chi connectivity index (χ0) is 13.0. The first kappa shape index (κ1) is 13.6. The first-order valence-electron chi connectivity index (χ1n) is 5.19. The first-order valence-corrected chi connectivity index (χ1v) is 7.34. The average molecular weight is 464 g/mol. The maximum Gasteiger partial charge on any atom is 0.137 e. The number of phenols is 1. The molecule has 0 spiro atoms. The van der Waals surface area contributed by atoms with Gasteiger partial charge in [-0.2, -0.15) is 5.10 Å². The Labute approximate surface area is 133 Å². The van der Waals surface area contributed by atoms with Gasteiger partial charge in [-0.25, -0.2) is 0 Å². The number of para-hydroxylation sites is 1. The SMILES string of the molecule is Oc1c(I)cc(I)cc1C=NNc1ccccc1. The molecule has 92 valence electrons. The van der Waals surface area contributed by atoms with Gasteiger partial charge in [0, 0.05) is 9.13 Å². The van der Waals surface area contributed by atoms with Gasteiger partial charge in [0.25, 0.3) is 0 Å². The zero-order valence-electron chi connectivity index (χ0n) is 9.27. The number of hydrogen-bond acceptors (Lipinski definition) is 3. The van der Waals surface area contributed by atoms with Crippen LogP contribution in [0.2, 0.25) is 0 Å². The van der Waals surface area contributed by atoms with Gasteiger partial charge in [0.05, 0.1) is 15.5 Å². The van der Waals surface area contributed by atoms with Crippen molar-refractivity contribution in [2.45, 2.75) is 0 Å². The highest BCUT2D eigenvalue weighted by atomic mass is 127. The van der Waals surface area contributed by atoms with Gasteiger partial charge in [0.15, 0.2) is 0 Å². The van der Waals surface area contributed by atoms with Gasteiger partial charge in [-0.1, -0.05) is 18.2 Å².